The summed E-state index contributed by atoms with van der Waals surface area (Å²) < 4.78 is 0.853. The molecule has 20 heavy (non-hydrogen) atoms. The van der Waals surface area contributed by atoms with E-state index in [2.05, 4.69) is 64.3 Å². The highest BCUT2D eigenvalue weighted by Gasteiger charge is 2.07. The van der Waals surface area contributed by atoms with Crippen LogP contribution in [0.15, 0.2) is 47.2 Å². The van der Waals surface area contributed by atoms with E-state index in [1.165, 1.54) is 30.4 Å². The summed E-state index contributed by atoms with van der Waals surface area (Å²) in [5.41, 5.74) is 3.74. The summed E-state index contributed by atoms with van der Waals surface area (Å²) in [6.45, 7) is 4.40. The highest BCUT2D eigenvalue weighted by atomic mass is 79.9. The van der Waals surface area contributed by atoms with Gasteiger partial charge in [0.05, 0.1) is 5.69 Å². The van der Waals surface area contributed by atoms with Crippen molar-refractivity contribution < 1.29 is 0 Å². The molecule has 0 bridgehead atoms. The minimum Gasteiger partial charge on any atom is -0.376 e. The lowest BCUT2D eigenvalue weighted by Crippen LogP contribution is -2.07. The van der Waals surface area contributed by atoms with Gasteiger partial charge in [0, 0.05) is 12.2 Å². The number of hydrogen-bond acceptors (Lipinski definition) is 2. The summed E-state index contributed by atoms with van der Waals surface area (Å²) in [7, 11) is 0. The van der Waals surface area contributed by atoms with Crippen molar-refractivity contribution in [1.82, 2.24) is 4.98 Å². The van der Waals surface area contributed by atoms with Gasteiger partial charge in [0.15, 0.2) is 0 Å². The fraction of sp³-hybridized carbons (Fsp3) is 0.353. The van der Waals surface area contributed by atoms with Crippen molar-refractivity contribution in [3.8, 4) is 0 Å². The maximum atomic E-state index is 4.23. The standard InChI is InChI=1S/C17H21BrN2/c1-3-4-6-14-8-10-15(11-9-14)13(2)20-16-7-5-12-19-17(16)18/h5,7-13,20H,3-4,6H2,1-2H3. The van der Waals surface area contributed by atoms with Crippen LogP contribution < -0.4 is 5.32 Å². The molecule has 2 nitrogen and oxygen atoms in total. The van der Waals surface area contributed by atoms with Crippen molar-refractivity contribution in [1.29, 1.82) is 0 Å². The van der Waals surface area contributed by atoms with E-state index in [4.69, 9.17) is 0 Å². The Kier molecular flexibility index (Phi) is 5.60. The van der Waals surface area contributed by atoms with Crippen LogP contribution >= 0.6 is 15.9 Å². The van der Waals surface area contributed by atoms with Gasteiger partial charge >= 0.3 is 0 Å². The van der Waals surface area contributed by atoms with E-state index >= 15 is 0 Å². The Hall–Kier alpha value is -1.35. The van der Waals surface area contributed by atoms with Crippen LogP contribution in [0.25, 0.3) is 0 Å². The van der Waals surface area contributed by atoms with Gasteiger partial charge in [-0.25, -0.2) is 4.98 Å². The van der Waals surface area contributed by atoms with Crippen LogP contribution in [-0.2, 0) is 6.42 Å². The van der Waals surface area contributed by atoms with Crippen LogP contribution in [0, 0.1) is 0 Å². The zero-order valence-electron chi connectivity index (χ0n) is 12.1. The number of pyridine rings is 1. The van der Waals surface area contributed by atoms with Crippen LogP contribution in [-0.4, -0.2) is 4.98 Å². The number of benzene rings is 1. The quantitative estimate of drug-likeness (QED) is 0.720. The van der Waals surface area contributed by atoms with Gasteiger partial charge in [-0.2, -0.15) is 0 Å². The summed E-state index contributed by atoms with van der Waals surface area (Å²) in [6, 6.07) is 13.1. The zero-order valence-corrected chi connectivity index (χ0v) is 13.7. The second-order valence-electron chi connectivity index (χ2n) is 5.05. The molecule has 3 heteroatoms. The number of rotatable bonds is 6. The molecular formula is C17H21BrN2. The zero-order chi connectivity index (χ0) is 14.4. The molecule has 0 aliphatic heterocycles. The van der Waals surface area contributed by atoms with E-state index in [1.807, 2.05) is 12.1 Å². The van der Waals surface area contributed by atoms with Crippen LogP contribution in [0.2, 0.25) is 0 Å². The fourth-order valence-corrected chi connectivity index (χ4v) is 2.53. The molecule has 1 aromatic heterocycles. The summed E-state index contributed by atoms with van der Waals surface area (Å²) in [5, 5.41) is 3.48. The van der Waals surface area contributed by atoms with Crippen molar-refractivity contribution in [2.75, 3.05) is 5.32 Å². The Morgan fingerprint density at radius 1 is 1.20 bits per heavy atom. The van der Waals surface area contributed by atoms with Gasteiger partial charge in [0.2, 0.25) is 0 Å². The molecule has 0 amide bonds. The molecule has 1 heterocycles. The first-order valence-electron chi connectivity index (χ1n) is 7.16. The van der Waals surface area contributed by atoms with E-state index in [-0.39, 0.29) is 6.04 Å². The maximum absolute atomic E-state index is 4.23. The SMILES string of the molecule is CCCCc1ccc(C(C)Nc2cccnc2Br)cc1. The van der Waals surface area contributed by atoms with E-state index in [0.717, 1.165) is 10.3 Å². The third kappa shape index (κ3) is 4.07. The second-order valence-corrected chi connectivity index (χ2v) is 5.80. The molecule has 0 aliphatic rings. The molecule has 0 fully saturated rings. The minimum absolute atomic E-state index is 0.260. The number of halogens is 1. The highest BCUT2D eigenvalue weighted by Crippen LogP contribution is 2.24. The van der Waals surface area contributed by atoms with E-state index in [9.17, 15) is 0 Å². The van der Waals surface area contributed by atoms with E-state index < -0.39 is 0 Å². The summed E-state index contributed by atoms with van der Waals surface area (Å²) in [6.07, 6.45) is 5.46. The van der Waals surface area contributed by atoms with Gasteiger partial charge in [-0.1, -0.05) is 37.6 Å². The molecule has 0 spiro atoms. The van der Waals surface area contributed by atoms with Crippen molar-refractivity contribution >= 4 is 21.6 Å². The van der Waals surface area contributed by atoms with Crippen molar-refractivity contribution in [3.05, 3.63) is 58.3 Å². The first kappa shape index (κ1) is 15.0. The molecular weight excluding hydrogens is 312 g/mol. The molecule has 1 N–H and O–H groups in total. The molecule has 0 saturated carbocycles. The smallest absolute Gasteiger partial charge is 0.129 e. The average molecular weight is 333 g/mol. The Morgan fingerprint density at radius 2 is 1.95 bits per heavy atom. The van der Waals surface area contributed by atoms with Crippen molar-refractivity contribution in [2.24, 2.45) is 0 Å². The number of anilines is 1. The molecule has 0 aliphatic carbocycles. The monoisotopic (exact) mass is 332 g/mol. The first-order valence-corrected chi connectivity index (χ1v) is 7.96. The minimum atomic E-state index is 0.260. The van der Waals surface area contributed by atoms with E-state index in [0.29, 0.717) is 0 Å². The lowest BCUT2D eigenvalue weighted by molar-refractivity contribution is 0.793. The summed E-state index contributed by atoms with van der Waals surface area (Å²) in [5.74, 6) is 0. The van der Waals surface area contributed by atoms with Crippen molar-refractivity contribution in [3.63, 3.8) is 0 Å². The van der Waals surface area contributed by atoms with Gasteiger partial charge in [0.25, 0.3) is 0 Å². The molecule has 0 saturated heterocycles. The Balaban J connectivity index is 2.02. The van der Waals surface area contributed by atoms with Gasteiger partial charge in [-0.15, -0.1) is 0 Å². The van der Waals surface area contributed by atoms with Crippen LogP contribution in [0.1, 0.15) is 43.9 Å². The predicted octanol–water partition coefficient (Wildman–Crippen LogP) is 5.36. The lowest BCUT2D eigenvalue weighted by Gasteiger charge is -2.16. The van der Waals surface area contributed by atoms with Gasteiger partial charge < -0.3 is 5.32 Å². The van der Waals surface area contributed by atoms with E-state index in [1.54, 1.807) is 6.20 Å². The summed E-state index contributed by atoms with van der Waals surface area (Å²) in [4.78, 5) is 4.23. The third-order valence-corrected chi connectivity index (χ3v) is 4.06. The number of nitrogens with zero attached hydrogens (tertiary/aromatic N) is 1. The second kappa shape index (κ2) is 7.44. The van der Waals surface area contributed by atoms with Crippen LogP contribution in [0.4, 0.5) is 5.69 Å². The first-order chi connectivity index (χ1) is 9.70. The third-order valence-electron chi connectivity index (χ3n) is 3.43. The molecule has 1 unspecified atom stereocenters. The predicted molar refractivity (Wildman–Crippen MR) is 89.0 cm³/mol. The number of aryl methyl sites for hydroxylation is 1. The average Bonchev–Trinajstić information content (AvgIpc) is 2.48. The molecule has 0 radical (unpaired) electrons. The maximum Gasteiger partial charge on any atom is 0.129 e. The Bertz CT molecular complexity index is 537. The number of hydrogen-bond donors (Lipinski definition) is 1. The number of nitrogens with one attached hydrogen (secondary N) is 1. The normalized spacial score (nSPS) is 12.2. The topological polar surface area (TPSA) is 24.9 Å². The fourth-order valence-electron chi connectivity index (χ4n) is 2.16. The van der Waals surface area contributed by atoms with Gasteiger partial charge in [0.1, 0.15) is 4.60 Å². The molecule has 106 valence electrons. The largest absolute Gasteiger partial charge is 0.376 e. The molecule has 2 aromatic rings. The lowest BCUT2D eigenvalue weighted by atomic mass is 10.0. The Labute approximate surface area is 129 Å². The molecule has 1 atom stereocenters. The molecule has 2 rings (SSSR count). The van der Waals surface area contributed by atoms with Crippen LogP contribution in [0.5, 0.6) is 0 Å². The summed E-state index contributed by atoms with van der Waals surface area (Å²) >= 11 is 3.46. The number of aromatic nitrogens is 1. The number of unbranched alkanes of at least 4 members (excludes halogenated alkanes) is 1. The highest BCUT2D eigenvalue weighted by molar-refractivity contribution is 9.10. The van der Waals surface area contributed by atoms with Crippen LogP contribution in [0.3, 0.4) is 0 Å². The Morgan fingerprint density at radius 3 is 2.60 bits per heavy atom. The van der Waals surface area contributed by atoms with Crippen molar-refractivity contribution in [2.45, 2.75) is 39.2 Å². The van der Waals surface area contributed by atoms with Gasteiger partial charge in [-0.3, -0.25) is 0 Å². The molecule has 1 aromatic carbocycles. The van der Waals surface area contributed by atoms with Gasteiger partial charge in [-0.05, 0) is 59.0 Å².